The van der Waals surface area contributed by atoms with Crippen LogP contribution in [0.3, 0.4) is 0 Å². The normalized spacial score (nSPS) is 13.7. The Kier molecular flexibility index (Phi) is 4.64. The van der Waals surface area contributed by atoms with Crippen LogP contribution in [0, 0.1) is 0 Å². The van der Waals surface area contributed by atoms with E-state index in [-0.39, 0.29) is 5.41 Å². The SMILES string of the molecule is CC1(C)c2cccnc2-c2c1c1c(c3ccccc23)c2ccccc2n1-c1nc(-c2ccccc2)c2ccccc2n1. The summed E-state index contributed by atoms with van der Waals surface area (Å²) in [6.07, 6.45) is 1.91. The highest BCUT2D eigenvalue weighted by molar-refractivity contribution is 6.26. The smallest absolute Gasteiger partial charge is 0.235 e. The van der Waals surface area contributed by atoms with Crippen LogP contribution < -0.4 is 0 Å². The maximum Gasteiger partial charge on any atom is 0.235 e. The number of rotatable bonds is 2. The molecule has 0 aliphatic heterocycles. The summed E-state index contributed by atoms with van der Waals surface area (Å²) in [6, 6.07) is 40.5. The molecule has 5 aromatic carbocycles. The van der Waals surface area contributed by atoms with Crippen LogP contribution in [0.4, 0.5) is 0 Å². The quantitative estimate of drug-likeness (QED) is 0.220. The highest BCUT2D eigenvalue weighted by atomic mass is 15.2. The third-order valence-electron chi connectivity index (χ3n) is 9.01. The number of benzene rings is 5. The van der Waals surface area contributed by atoms with Crippen molar-refractivity contribution in [2.24, 2.45) is 0 Å². The van der Waals surface area contributed by atoms with E-state index in [2.05, 4.69) is 128 Å². The molecule has 0 amide bonds. The zero-order valence-electron chi connectivity index (χ0n) is 23.3. The molecule has 0 spiro atoms. The zero-order valence-corrected chi connectivity index (χ0v) is 23.3. The Morgan fingerprint density at radius 2 is 1.29 bits per heavy atom. The number of aromatic nitrogens is 4. The predicted octanol–water partition coefficient (Wildman–Crippen LogP) is 9.25. The molecule has 1 aliphatic carbocycles. The lowest BCUT2D eigenvalue weighted by molar-refractivity contribution is 0.662. The monoisotopic (exact) mass is 538 g/mol. The fraction of sp³-hybridized carbons (Fsp3) is 0.0789. The second kappa shape index (κ2) is 8.34. The van der Waals surface area contributed by atoms with E-state index in [4.69, 9.17) is 15.0 Å². The minimum absolute atomic E-state index is 0.271. The fourth-order valence-corrected chi connectivity index (χ4v) is 7.21. The molecule has 0 bridgehead atoms. The molecule has 0 saturated carbocycles. The Morgan fingerprint density at radius 1 is 0.595 bits per heavy atom. The summed E-state index contributed by atoms with van der Waals surface area (Å²) in [5, 5.41) is 5.93. The van der Waals surface area contributed by atoms with Crippen LogP contribution in [0.25, 0.3) is 71.9 Å². The van der Waals surface area contributed by atoms with E-state index in [1.807, 2.05) is 12.3 Å². The first-order chi connectivity index (χ1) is 20.6. The van der Waals surface area contributed by atoms with Crippen LogP contribution in [0.5, 0.6) is 0 Å². The molecule has 0 radical (unpaired) electrons. The molecule has 0 atom stereocenters. The summed E-state index contributed by atoms with van der Waals surface area (Å²) >= 11 is 0. The van der Waals surface area contributed by atoms with Crippen LogP contribution in [0.15, 0.2) is 121 Å². The van der Waals surface area contributed by atoms with Crippen LogP contribution in [-0.4, -0.2) is 19.5 Å². The van der Waals surface area contributed by atoms with Gasteiger partial charge < -0.3 is 0 Å². The van der Waals surface area contributed by atoms with Gasteiger partial charge in [-0.3, -0.25) is 9.55 Å². The van der Waals surface area contributed by atoms with E-state index in [1.165, 1.54) is 38.2 Å². The molecule has 42 heavy (non-hydrogen) atoms. The molecule has 4 nitrogen and oxygen atoms in total. The molecule has 198 valence electrons. The van der Waals surface area contributed by atoms with Gasteiger partial charge in [0.25, 0.3) is 0 Å². The molecular weight excluding hydrogens is 512 g/mol. The third-order valence-corrected chi connectivity index (χ3v) is 9.01. The van der Waals surface area contributed by atoms with E-state index in [9.17, 15) is 0 Å². The van der Waals surface area contributed by atoms with Crippen LogP contribution in [0.1, 0.15) is 25.0 Å². The lowest BCUT2D eigenvalue weighted by atomic mass is 9.80. The first-order valence-electron chi connectivity index (χ1n) is 14.4. The molecule has 8 aromatic rings. The zero-order chi connectivity index (χ0) is 28.0. The van der Waals surface area contributed by atoms with Crippen molar-refractivity contribution in [3.8, 4) is 28.5 Å². The third kappa shape index (κ3) is 2.98. The standard InChI is InChI=1S/C38H26N4/c1-38(2)28-19-12-22-39-35(28)32-25-16-7-6-15-24(25)31-27-18-9-11-21-30(27)42(36(31)33(32)38)37-40-29-20-10-8-17-26(29)34(41-37)23-13-4-3-5-14-23/h3-22H,1-2H3. The molecule has 0 saturated heterocycles. The predicted molar refractivity (Wildman–Crippen MR) is 172 cm³/mol. The van der Waals surface area contributed by atoms with Gasteiger partial charge in [0, 0.05) is 38.9 Å². The summed E-state index contributed by atoms with van der Waals surface area (Å²) in [5.74, 6) is 0.677. The van der Waals surface area contributed by atoms with Gasteiger partial charge in [0.2, 0.25) is 5.95 Å². The first kappa shape index (κ1) is 23.4. The van der Waals surface area contributed by atoms with Gasteiger partial charge in [-0.1, -0.05) is 111 Å². The van der Waals surface area contributed by atoms with Crippen molar-refractivity contribution in [1.29, 1.82) is 0 Å². The fourth-order valence-electron chi connectivity index (χ4n) is 7.21. The van der Waals surface area contributed by atoms with E-state index < -0.39 is 0 Å². The van der Waals surface area contributed by atoms with Crippen molar-refractivity contribution < 1.29 is 0 Å². The number of hydrogen-bond donors (Lipinski definition) is 0. The molecule has 3 aromatic heterocycles. The minimum Gasteiger partial charge on any atom is -0.278 e. The van der Waals surface area contributed by atoms with Crippen molar-refractivity contribution in [1.82, 2.24) is 19.5 Å². The second-order valence-electron chi connectivity index (χ2n) is 11.7. The molecule has 0 unspecified atom stereocenters. The van der Waals surface area contributed by atoms with Gasteiger partial charge in [-0.15, -0.1) is 0 Å². The van der Waals surface area contributed by atoms with Crippen LogP contribution in [-0.2, 0) is 5.41 Å². The van der Waals surface area contributed by atoms with Crippen LogP contribution in [0.2, 0.25) is 0 Å². The Balaban J connectivity index is 1.53. The lowest BCUT2D eigenvalue weighted by Gasteiger charge is -2.24. The maximum atomic E-state index is 5.35. The molecule has 0 fully saturated rings. The van der Waals surface area contributed by atoms with Gasteiger partial charge in [-0.2, -0.15) is 0 Å². The Morgan fingerprint density at radius 3 is 2.12 bits per heavy atom. The number of hydrogen-bond acceptors (Lipinski definition) is 3. The van der Waals surface area contributed by atoms with Crippen LogP contribution >= 0.6 is 0 Å². The Labute approximate surface area is 242 Å². The highest BCUT2D eigenvalue weighted by Gasteiger charge is 2.41. The molecule has 4 heteroatoms. The topological polar surface area (TPSA) is 43.6 Å². The second-order valence-corrected chi connectivity index (χ2v) is 11.7. The van der Waals surface area contributed by atoms with Crippen molar-refractivity contribution in [3.63, 3.8) is 0 Å². The summed E-state index contributed by atoms with van der Waals surface area (Å²) in [7, 11) is 0. The van der Waals surface area contributed by atoms with E-state index in [1.54, 1.807) is 0 Å². The van der Waals surface area contributed by atoms with Gasteiger partial charge in [0.05, 0.1) is 27.9 Å². The van der Waals surface area contributed by atoms with Crippen molar-refractivity contribution in [2.45, 2.75) is 19.3 Å². The largest absolute Gasteiger partial charge is 0.278 e. The molecule has 3 heterocycles. The minimum atomic E-state index is -0.271. The van der Waals surface area contributed by atoms with E-state index in [0.717, 1.165) is 38.9 Å². The van der Waals surface area contributed by atoms with E-state index >= 15 is 0 Å². The van der Waals surface area contributed by atoms with Gasteiger partial charge in [0.1, 0.15) is 0 Å². The van der Waals surface area contributed by atoms with E-state index in [0.29, 0.717) is 5.95 Å². The Hall–Kier alpha value is -5.35. The summed E-state index contributed by atoms with van der Waals surface area (Å²) in [6.45, 7) is 4.65. The molecular formula is C38H26N4. The average molecular weight is 539 g/mol. The average Bonchev–Trinajstić information content (AvgIpc) is 3.50. The molecule has 9 rings (SSSR count). The Bertz CT molecular complexity index is 2380. The van der Waals surface area contributed by atoms with Crippen molar-refractivity contribution >= 4 is 43.5 Å². The molecule has 1 aliphatic rings. The number of pyridine rings is 1. The lowest BCUT2D eigenvalue weighted by Crippen LogP contribution is -2.17. The summed E-state index contributed by atoms with van der Waals surface area (Å²) in [4.78, 5) is 15.6. The van der Waals surface area contributed by atoms with Gasteiger partial charge in [0.15, 0.2) is 0 Å². The number of fused-ring (bicyclic) bond motifs is 11. The van der Waals surface area contributed by atoms with Crippen molar-refractivity contribution in [3.05, 3.63) is 133 Å². The van der Waals surface area contributed by atoms with Gasteiger partial charge in [-0.25, -0.2) is 9.97 Å². The van der Waals surface area contributed by atoms with Gasteiger partial charge >= 0.3 is 0 Å². The van der Waals surface area contributed by atoms with Crippen molar-refractivity contribution in [2.75, 3.05) is 0 Å². The highest BCUT2D eigenvalue weighted by Crippen LogP contribution is 2.55. The summed E-state index contributed by atoms with van der Waals surface area (Å²) in [5.41, 5.74) is 9.72. The first-order valence-corrected chi connectivity index (χ1v) is 14.4. The summed E-state index contributed by atoms with van der Waals surface area (Å²) < 4.78 is 2.31. The molecule has 0 N–H and O–H groups in total. The van der Waals surface area contributed by atoms with Gasteiger partial charge in [-0.05, 0) is 40.1 Å². The number of nitrogens with zero attached hydrogens (tertiary/aromatic N) is 4. The number of para-hydroxylation sites is 2. The maximum absolute atomic E-state index is 5.35.